The molecule has 2 aromatic rings. The SMILES string of the molecule is Cc1ccc(N2CC[C@H](NC(=O)c3ccc(C)s3)C2=O)cc1. The number of hydrogen-bond acceptors (Lipinski definition) is 3. The second-order valence-electron chi connectivity index (χ2n) is 5.55. The van der Waals surface area contributed by atoms with Crippen LogP contribution in [0.3, 0.4) is 0 Å². The van der Waals surface area contributed by atoms with E-state index in [0.717, 1.165) is 16.1 Å². The van der Waals surface area contributed by atoms with E-state index in [2.05, 4.69) is 5.32 Å². The van der Waals surface area contributed by atoms with E-state index in [4.69, 9.17) is 0 Å². The quantitative estimate of drug-likeness (QED) is 0.947. The standard InChI is InChI=1S/C17H18N2O2S/c1-11-3-6-13(7-4-11)19-10-9-14(17(19)21)18-16(20)15-8-5-12(2)22-15/h3-8,14H,9-10H2,1-2H3,(H,18,20)/t14-/m0/s1. The fraction of sp³-hybridized carbons (Fsp3) is 0.294. The number of aryl methyl sites for hydroxylation is 2. The van der Waals surface area contributed by atoms with E-state index in [9.17, 15) is 9.59 Å². The lowest BCUT2D eigenvalue weighted by atomic mass is 10.2. The minimum atomic E-state index is -0.434. The number of nitrogens with one attached hydrogen (secondary N) is 1. The van der Waals surface area contributed by atoms with Crippen molar-refractivity contribution in [3.63, 3.8) is 0 Å². The molecule has 1 saturated heterocycles. The van der Waals surface area contributed by atoms with Gasteiger partial charge in [-0.2, -0.15) is 0 Å². The van der Waals surface area contributed by atoms with Gasteiger partial charge in [0.2, 0.25) is 5.91 Å². The Bertz CT molecular complexity index is 706. The second-order valence-corrected chi connectivity index (χ2v) is 6.84. The molecule has 1 N–H and O–H groups in total. The van der Waals surface area contributed by atoms with Crippen LogP contribution in [-0.4, -0.2) is 24.4 Å². The Morgan fingerprint density at radius 2 is 1.91 bits per heavy atom. The maximum absolute atomic E-state index is 12.5. The molecule has 2 amide bonds. The normalized spacial score (nSPS) is 17.8. The smallest absolute Gasteiger partial charge is 0.262 e. The van der Waals surface area contributed by atoms with Gasteiger partial charge in [-0.05, 0) is 44.5 Å². The first-order valence-electron chi connectivity index (χ1n) is 7.30. The maximum Gasteiger partial charge on any atom is 0.262 e. The van der Waals surface area contributed by atoms with Gasteiger partial charge in [0.1, 0.15) is 6.04 Å². The van der Waals surface area contributed by atoms with Crippen molar-refractivity contribution in [2.45, 2.75) is 26.3 Å². The van der Waals surface area contributed by atoms with E-state index in [1.54, 1.807) is 11.0 Å². The summed E-state index contributed by atoms with van der Waals surface area (Å²) >= 11 is 1.44. The summed E-state index contributed by atoms with van der Waals surface area (Å²) < 4.78 is 0. The molecule has 1 aromatic heterocycles. The summed E-state index contributed by atoms with van der Waals surface area (Å²) in [4.78, 5) is 28.1. The fourth-order valence-corrected chi connectivity index (χ4v) is 3.35. The molecule has 2 heterocycles. The molecule has 0 spiro atoms. The van der Waals surface area contributed by atoms with E-state index in [1.807, 2.05) is 44.2 Å². The van der Waals surface area contributed by atoms with Crippen molar-refractivity contribution in [2.24, 2.45) is 0 Å². The number of benzene rings is 1. The van der Waals surface area contributed by atoms with Crippen LogP contribution in [0.4, 0.5) is 5.69 Å². The number of hydrogen-bond donors (Lipinski definition) is 1. The Balaban J connectivity index is 1.68. The van der Waals surface area contributed by atoms with Gasteiger partial charge in [-0.3, -0.25) is 9.59 Å². The zero-order valence-corrected chi connectivity index (χ0v) is 13.4. The molecule has 1 fully saturated rings. The number of amides is 2. The van der Waals surface area contributed by atoms with E-state index < -0.39 is 6.04 Å². The molecular weight excluding hydrogens is 296 g/mol. The van der Waals surface area contributed by atoms with Crippen LogP contribution in [0.1, 0.15) is 26.5 Å². The zero-order valence-electron chi connectivity index (χ0n) is 12.6. The van der Waals surface area contributed by atoms with Crippen molar-refractivity contribution >= 4 is 28.8 Å². The molecule has 1 aliphatic heterocycles. The lowest BCUT2D eigenvalue weighted by Gasteiger charge is -2.17. The first-order chi connectivity index (χ1) is 10.5. The van der Waals surface area contributed by atoms with E-state index >= 15 is 0 Å². The topological polar surface area (TPSA) is 49.4 Å². The summed E-state index contributed by atoms with van der Waals surface area (Å²) in [6.45, 7) is 4.61. The van der Waals surface area contributed by atoms with Crippen LogP contribution in [0.25, 0.3) is 0 Å². The Kier molecular flexibility index (Phi) is 3.98. The van der Waals surface area contributed by atoms with Crippen molar-refractivity contribution in [1.82, 2.24) is 5.32 Å². The van der Waals surface area contributed by atoms with Gasteiger partial charge in [0.25, 0.3) is 5.91 Å². The van der Waals surface area contributed by atoms with Gasteiger partial charge >= 0.3 is 0 Å². The summed E-state index contributed by atoms with van der Waals surface area (Å²) in [5.74, 6) is -0.201. The zero-order chi connectivity index (χ0) is 15.7. The fourth-order valence-electron chi connectivity index (χ4n) is 2.58. The molecule has 5 heteroatoms. The number of thiophene rings is 1. The van der Waals surface area contributed by atoms with Crippen molar-refractivity contribution < 1.29 is 9.59 Å². The van der Waals surface area contributed by atoms with Gasteiger partial charge < -0.3 is 10.2 Å². The summed E-state index contributed by atoms with van der Waals surface area (Å²) in [5, 5.41) is 2.85. The van der Waals surface area contributed by atoms with Gasteiger partial charge in [-0.1, -0.05) is 17.7 Å². The number of nitrogens with zero attached hydrogens (tertiary/aromatic N) is 1. The van der Waals surface area contributed by atoms with E-state index in [1.165, 1.54) is 11.3 Å². The minimum absolute atomic E-state index is 0.0366. The van der Waals surface area contributed by atoms with Crippen LogP contribution >= 0.6 is 11.3 Å². The average molecular weight is 314 g/mol. The van der Waals surface area contributed by atoms with Crippen LogP contribution in [0.15, 0.2) is 36.4 Å². The number of anilines is 1. The molecule has 0 aliphatic carbocycles. The Hall–Kier alpha value is -2.14. The molecule has 4 nitrogen and oxygen atoms in total. The first-order valence-corrected chi connectivity index (χ1v) is 8.11. The third-order valence-corrected chi connectivity index (χ3v) is 4.82. The van der Waals surface area contributed by atoms with Gasteiger partial charge in [0.05, 0.1) is 4.88 Å². The number of carbonyl (C=O) groups is 2. The van der Waals surface area contributed by atoms with E-state index in [0.29, 0.717) is 17.8 Å². The van der Waals surface area contributed by atoms with Crippen molar-refractivity contribution in [3.8, 4) is 0 Å². The van der Waals surface area contributed by atoms with Crippen molar-refractivity contribution in [2.75, 3.05) is 11.4 Å². The van der Waals surface area contributed by atoms with Crippen molar-refractivity contribution in [3.05, 3.63) is 51.7 Å². The number of rotatable bonds is 3. The monoisotopic (exact) mass is 314 g/mol. The molecule has 114 valence electrons. The van der Waals surface area contributed by atoms with Gasteiger partial charge in [-0.15, -0.1) is 11.3 Å². The Morgan fingerprint density at radius 3 is 2.55 bits per heavy atom. The van der Waals surface area contributed by atoms with Crippen LogP contribution in [-0.2, 0) is 4.79 Å². The largest absolute Gasteiger partial charge is 0.339 e. The molecule has 1 aliphatic rings. The first kappa shape index (κ1) is 14.8. The second kappa shape index (κ2) is 5.93. The highest BCUT2D eigenvalue weighted by molar-refractivity contribution is 7.13. The molecule has 0 bridgehead atoms. The summed E-state index contributed by atoms with van der Waals surface area (Å²) in [6, 6.07) is 11.1. The maximum atomic E-state index is 12.5. The van der Waals surface area contributed by atoms with Crippen LogP contribution in [0.2, 0.25) is 0 Å². The lowest BCUT2D eigenvalue weighted by molar-refractivity contribution is -0.118. The molecule has 22 heavy (non-hydrogen) atoms. The molecule has 0 saturated carbocycles. The Labute approximate surface area is 133 Å². The molecule has 1 atom stereocenters. The lowest BCUT2D eigenvalue weighted by Crippen LogP contribution is -2.41. The highest BCUT2D eigenvalue weighted by Crippen LogP contribution is 2.23. The predicted octanol–water partition coefficient (Wildman–Crippen LogP) is 2.90. The highest BCUT2D eigenvalue weighted by Gasteiger charge is 2.33. The summed E-state index contributed by atoms with van der Waals surface area (Å²) in [5.41, 5.74) is 2.05. The summed E-state index contributed by atoms with van der Waals surface area (Å²) in [7, 11) is 0. The molecule has 0 radical (unpaired) electrons. The van der Waals surface area contributed by atoms with Crippen LogP contribution in [0, 0.1) is 13.8 Å². The molecule has 1 aromatic carbocycles. The summed E-state index contributed by atoms with van der Waals surface area (Å²) in [6.07, 6.45) is 0.642. The average Bonchev–Trinajstić information content (AvgIpc) is 3.08. The van der Waals surface area contributed by atoms with Crippen molar-refractivity contribution in [1.29, 1.82) is 0 Å². The van der Waals surface area contributed by atoms with Gasteiger partial charge in [0.15, 0.2) is 0 Å². The van der Waals surface area contributed by atoms with Crippen LogP contribution in [0.5, 0.6) is 0 Å². The van der Waals surface area contributed by atoms with Gasteiger partial charge in [0, 0.05) is 17.1 Å². The third kappa shape index (κ3) is 2.90. The molecular formula is C17H18N2O2S. The molecule has 0 unspecified atom stereocenters. The highest BCUT2D eigenvalue weighted by atomic mass is 32.1. The van der Waals surface area contributed by atoms with Gasteiger partial charge in [-0.25, -0.2) is 0 Å². The number of carbonyl (C=O) groups excluding carboxylic acids is 2. The minimum Gasteiger partial charge on any atom is -0.339 e. The van der Waals surface area contributed by atoms with E-state index in [-0.39, 0.29) is 11.8 Å². The molecule has 3 rings (SSSR count). The third-order valence-electron chi connectivity index (χ3n) is 3.82. The Morgan fingerprint density at radius 1 is 1.18 bits per heavy atom. The predicted molar refractivity (Wildman–Crippen MR) is 88.5 cm³/mol. The van der Waals surface area contributed by atoms with Crippen LogP contribution < -0.4 is 10.2 Å².